The lowest BCUT2D eigenvalue weighted by Gasteiger charge is -2.37. The van der Waals surface area contributed by atoms with Crippen LogP contribution in [-0.4, -0.2) is 51.4 Å². The molecular formula is C20H25F3N8. The Kier molecular flexibility index (Phi) is 5.44. The molecule has 0 bridgehead atoms. The predicted molar refractivity (Wildman–Crippen MR) is 112 cm³/mol. The monoisotopic (exact) mass is 434 g/mol. The number of nitrogens with zero attached hydrogens (tertiary/aromatic N) is 7. The Hall–Kier alpha value is -2.98. The van der Waals surface area contributed by atoms with Crippen LogP contribution in [0.5, 0.6) is 0 Å². The summed E-state index contributed by atoms with van der Waals surface area (Å²) in [7, 11) is 3.56. The van der Waals surface area contributed by atoms with Crippen molar-refractivity contribution in [1.29, 1.82) is 0 Å². The zero-order valence-corrected chi connectivity index (χ0v) is 17.7. The Labute approximate surface area is 178 Å². The van der Waals surface area contributed by atoms with Crippen LogP contribution in [-0.2, 0) is 6.18 Å². The second-order valence-corrected chi connectivity index (χ2v) is 8.07. The Morgan fingerprint density at radius 2 is 2.03 bits per heavy atom. The quantitative estimate of drug-likeness (QED) is 0.420. The first-order valence-electron chi connectivity index (χ1n) is 10.1. The number of hydrogen-bond donors (Lipinski definition) is 1. The van der Waals surface area contributed by atoms with E-state index in [0.717, 1.165) is 43.4 Å². The normalized spacial score (nSPS) is 21.5. The van der Waals surface area contributed by atoms with E-state index in [-0.39, 0.29) is 29.5 Å². The molecule has 0 saturated heterocycles. The number of hydrazone groups is 1. The van der Waals surface area contributed by atoms with Crippen molar-refractivity contribution in [2.45, 2.75) is 50.7 Å². The molecule has 0 unspecified atom stereocenters. The Morgan fingerprint density at radius 3 is 2.61 bits per heavy atom. The molecule has 31 heavy (non-hydrogen) atoms. The van der Waals surface area contributed by atoms with Gasteiger partial charge in [-0.15, -0.1) is 0 Å². The molecule has 11 heteroatoms. The lowest BCUT2D eigenvalue weighted by Crippen LogP contribution is -2.39. The highest BCUT2D eigenvalue weighted by molar-refractivity contribution is 5.85. The molecule has 2 fully saturated rings. The first-order valence-corrected chi connectivity index (χ1v) is 10.1. The average molecular weight is 434 g/mol. The van der Waals surface area contributed by atoms with Gasteiger partial charge in [0.15, 0.2) is 0 Å². The van der Waals surface area contributed by atoms with Gasteiger partial charge < -0.3 is 5.32 Å². The van der Waals surface area contributed by atoms with Crippen LogP contribution < -0.4 is 5.32 Å². The number of nitrogens with one attached hydrogen (secondary N) is 1. The number of aromatic nitrogens is 4. The molecule has 166 valence electrons. The third-order valence-corrected chi connectivity index (χ3v) is 5.88. The van der Waals surface area contributed by atoms with Gasteiger partial charge in [0.2, 0.25) is 5.95 Å². The van der Waals surface area contributed by atoms with Gasteiger partial charge >= 0.3 is 6.18 Å². The average Bonchev–Trinajstić information content (AvgIpc) is 3.47. The molecule has 4 rings (SSSR count). The van der Waals surface area contributed by atoms with Crippen LogP contribution >= 0.6 is 0 Å². The van der Waals surface area contributed by atoms with Gasteiger partial charge in [0.05, 0.1) is 28.7 Å². The molecule has 2 aromatic heterocycles. The predicted octanol–water partition coefficient (Wildman–Crippen LogP) is 4.15. The van der Waals surface area contributed by atoms with E-state index in [1.807, 2.05) is 24.9 Å². The van der Waals surface area contributed by atoms with Crippen LogP contribution in [0.25, 0.3) is 0 Å². The molecule has 0 aromatic carbocycles. The number of aliphatic imine (C=N–C) groups is 1. The summed E-state index contributed by atoms with van der Waals surface area (Å²) < 4.78 is 41.6. The van der Waals surface area contributed by atoms with E-state index in [1.54, 1.807) is 12.1 Å². The third-order valence-electron chi connectivity index (χ3n) is 5.88. The van der Waals surface area contributed by atoms with Crippen LogP contribution in [0.1, 0.15) is 54.6 Å². The van der Waals surface area contributed by atoms with Crippen molar-refractivity contribution in [2.75, 3.05) is 19.4 Å². The Bertz CT molecular complexity index is 1000. The smallest absolute Gasteiger partial charge is 0.321 e. The number of amidine groups is 1. The highest BCUT2D eigenvalue weighted by Crippen LogP contribution is 2.45. The van der Waals surface area contributed by atoms with Gasteiger partial charge in [-0.3, -0.25) is 14.7 Å². The fourth-order valence-corrected chi connectivity index (χ4v) is 3.93. The maximum atomic E-state index is 13.2. The minimum atomic E-state index is -4.45. The van der Waals surface area contributed by atoms with E-state index in [4.69, 9.17) is 0 Å². The van der Waals surface area contributed by atoms with Gasteiger partial charge in [0, 0.05) is 45.0 Å². The summed E-state index contributed by atoms with van der Waals surface area (Å²) in [6.07, 6.45) is 1.46. The largest absolute Gasteiger partial charge is 0.419 e. The first kappa shape index (κ1) is 21.3. The first-order chi connectivity index (χ1) is 14.7. The zero-order chi connectivity index (χ0) is 22.3. The van der Waals surface area contributed by atoms with E-state index < -0.39 is 11.7 Å². The molecule has 0 radical (unpaired) electrons. The topological polar surface area (TPSA) is 83.6 Å². The maximum absolute atomic E-state index is 13.2. The van der Waals surface area contributed by atoms with Crippen LogP contribution in [0.15, 0.2) is 22.5 Å². The molecule has 2 saturated carbocycles. The molecule has 0 spiro atoms. The Balaban J connectivity index is 1.47. The maximum Gasteiger partial charge on any atom is 0.419 e. The van der Waals surface area contributed by atoms with Crippen molar-refractivity contribution in [3.63, 3.8) is 0 Å². The Morgan fingerprint density at radius 1 is 1.32 bits per heavy atom. The number of alkyl halides is 3. The minimum absolute atomic E-state index is 0.0724. The SMILES string of the molecule is C=NN(C)/C(=N\C)[C@H]1C[C@H](n2cc(Nc3ncc(C(F)(F)F)c(C4CC4)n3)c(C)n2)C1. The van der Waals surface area contributed by atoms with E-state index in [2.05, 4.69) is 37.2 Å². The number of rotatable bonds is 6. The van der Waals surface area contributed by atoms with Crippen molar-refractivity contribution >= 4 is 24.2 Å². The molecule has 0 aliphatic heterocycles. The summed E-state index contributed by atoms with van der Waals surface area (Å²) in [6, 6.07) is 0.213. The summed E-state index contributed by atoms with van der Waals surface area (Å²) in [4.78, 5) is 12.4. The van der Waals surface area contributed by atoms with Crippen LogP contribution in [0, 0.1) is 12.8 Å². The number of anilines is 2. The lowest BCUT2D eigenvalue weighted by molar-refractivity contribution is -0.138. The molecule has 2 aromatic rings. The highest BCUT2D eigenvalue weighted by atomic mass is 19.4. The van der Waals surface area contributed by atoms with Gasteiger partial charge in [-0.25, -0.2) is 9.97 Å². The van der Waals surface area contributed by atoms with Gasteiger partial charge in [-0.1, -0.05) is 0 Å². The van der Waals surface area contributed by atoms with Gasteiger partial charge in [-0.2, -0.15) is 23.4 Å². The van der Waals surface area contributed by atoms with Crippen molar-refractivity contribution in [2.24, 2.45) is 16.0 Å². The van der Waals surface area contributed by atoms with E-state index in [0.29, 0.717) is 5.69 Å². The third kappa shape index (κ3) is 4.26. The molecule has 8 nitrogen and oxygen atoms in total. The van der Waals surface area contributed by atoms with Gasteiger partial charge in [0.25, 0.3) is 0 Å². The van der Waals surface area contributed by atoms with E-state index >= 15 is 0 Å². The zero-order valence-electron chi connectivity index (χ0n) is 17.7. The second kappa shape index (κ2) is 7.93. The standard InChI is InChI=1S/C20H25F3N8/c1-11-16(10-31(29-11)14-7-13(8-14)18(24-2)30(4)25-3)27-19-26-9-15(20(21,22)23)17(28-19)12-5-6-12/h9-10,12-14H,3,5-8H2,1-2,4H3,(H,26,27,28)/b24-18-/t13-,14-. The molecule has 1 N–H and O–H groups in total. The van der Waals surface area contributed by atoms with Gasteiger partial charge in [0.1, 0.15) is 5.84 Å². The summed E-state index contributed by atoms with van der Waals surface area (Å²) in [5, 5.41) is 13.2. The second-order valence-electron chi connectivity index (χ2n) is 8.07. The molecular weight excluding hydrogens is 409 g/mol. The minimum Gasteiger partial charge on any atom is -0.321 e. The number of hydrogen-bond acceptors (Lipinski definition) is 6. The molecule has 2 aliphatic rings. The molecule has 2 aliphatic carbocycles. The van der Waals surface area contributed by atoms with Crippen LogP contribution in [0.2, 0.25) is 0 Å². The van der Waals surface area contributed by atoms with Crippen molar-refractivity contribution in [3.05, 3.63) is 29.3 Å². The van der Waals surface area contributed by atoms with Crippen LogP contribution in [0.3, 0.4) is 0 Å². The van der Waals surface area contributed by atoms with Crippen molar-refractivity contribution < 1.29 is 13.2 Å². The molecule has 0 atom stereocenters. The summed E-state index contributed by atoms with van der Waals surface area (Å²) in [5.41, 5.74) is 0.734. The number of aryl methyl sites for hydroxylation is 1. The number of halogens is 3. The lowest BCUT2D eigenvalue weighted by atomic mass is 9.79. The van der Waals surface area contributed by atoms with Crippen molar-refractivity contribution in [1.82, 2.24) is 24.8 Å². The highest BCUT2D eigenvalue weighted by Gasteiger charge is 2.40. The summed E-state index contributed by atoms with van der Waals surface area (Å²) in [6.45, 7) is 5.38. The molecule has 0 amide bonds. The fraction of sp³-hybridized carbons (Fsp3) is 0.550. The molecule has 2 heterocycles. The summed E-state index contributed by atoms with van der Waals surface area (Å²) in [5.74, 6) is 1.18. The summed E-state index contributed by atoms with van der Waals surface area (Å²) >= 11 is 0. The van der Waals surface area contributed by atoms with E-state index in [9.17, 15) is 13.2 Å². The van der Waals surface area contributed by atoms with E-state index in [1.165, 1.54) is 0 Å². The fourth-order valence-electron chi connectivity index (χ4n) is 3.93. The van der Waals surface area contributed by atoms with Crippen molar-refractivity contribution in [3.8, 4) is 0 Å². The van der Waals surface area contributed by atoms with Crippen LogP contribution in [0.4, 0.5) is 24.8 Å². The van der Waals surface area contributed by atoms with Gasteiger partial charge in [-0.05, 0) is 32.6 Å².